The Balaban J connectivity index is 1.73. The van der Waals surface area contributed by atoms with Crippen LogP contribution >= 0.6 is 0 Å². The number of methoxy groups -OCH3 is 1. The van der Waals surface area contributed by atoms with Crippen LogP contribution in [0.1, 0.15) is 17.5 Å². The molecule has 2 heterocycles. The van der Waals surface area contributed by atoms with Gasteiger partial charge in [-0.15, -0.1) is 0 Å². The van der Waals surface area contributed by atoms with Crippen molar-refractivity contribution in [1.82, 2.24) is 9.88 Å². The maximum atomic E-state index is 12.6. The summed E-state index contributed by atoms with van der Waals surface area (Å²) in [5.41, 5.74) is 1.80. The monoisotopic (exact) mass is 310 g/mol. The molecule has 1 fully saturated rings. The van der Waals surface area contributed by atoms with Crippen molar-refractivity contribution in [2.24, 2.45) is 5.92 Å². The number of hydrogen-bond acceptors (Lipinski definition) is 4. The predicted molar refractivity (Wildman–Crippen MR) is 84.6 cm³/mol. The van der Waals surface area contributed by atoms with Crippen molar-refractivity contribution in [2.75, 3.05) is 7.11 Å². The van der Waals surface area contributed by atoms with Gasteiger partial charge in [0.15, 0.2) is 0 Å². The number of rotatable bonds is 5. The van der Waals surface area contributed by atoms with Crippen molar-refractivity contribution < 1.29 is 14.3 Å². The van der Waals surface area contributed by atoms with Crippen LogP contribution in [0.25, 0.3) is 0 Å². The number of hydrogen-bond donors (Lipinski definition) is 0. The van der Waals surface area contributed by atoms with Crippen LogP contribution in [0.4, 0.5) is 0 Å². The third-order valence-electron chi connectivity index (χ3n) is 4.06. The highest BCUT2D eigenvalue weighted by molar-refractivity contribution is 6.03. The molecule has 118 valence electrons. The molecule has 1 atom stereocenters. The van der Waals surface area contributed by atoms with Crippen molar-refractivity contribution in [3.63, 3.8) is 0 Å². The lowest BCUT2D eigenvalue weighted by atomic mass is 9.97. The van der Waals surface area contributed by atoms with E-state index < -0.39 is 0 Å². The van der Waals surface area contributed by atoms with Crippen LogP contribution in [-0.4, -0.2) is 28.8 Å². The Morgan fingerprint density at radius 2 is 2.04 bits per heavy atom. The third kappa shape index (κ3) is 3.23. The minimum absolute atomic E-state index is 0.121. The highest BCUT2D eigenvalue weighted by atomic mass is 16.5. The first-order valence-electron chi connectivity index (χ1n) is 7.54. The van der Waals surface area contributed by atoms with Gasteiger partial charge in [0.05, 0.1) is 19.6 Å². The topological polar surface area (TPSA) is 59.5 Å². The normalized spacial score (nSPS) is 17.6. The summed E-state index contributed by atoms with van der Waals surface area (Å²) in [6.45, 7) is 0.286. The number of carbonyl (C=O) groups is 2. The molecule has 5 nitrogen and oxygen atoms in total. The van der Waals surface area contributed by atoms with Gasteiger partial charge in [-0.05, 0) is 29.7 Å². The number of imide groups is 1. The molecule has 1 unspecified atom stereocenters. The number of likely N-dealkylation sites (tertiary alicyclic amines) is 1. The SMILES string of the molecule is COc1ccccc1CC1CC(=O)N(Cc2cccnc2)C1=O. The molecule has 1 saturated heterocycles. The van der Waals surface area contributed by atoms with Gasteiger partial charge in [-0.1, -0.05) is 24.3 Å². The second-order valence-electron chi connectivity index (χ2n) is 5.60. The first-order chi connectivity index (χ1) is 11.2. The number of aromatic nitrogens is 1. The van der Waals surface area contributed by atoms with E-state index in [1.807, 2.05) is 30.3 Å². The molecule has 0 saturated carbocycles. The molecule has 1 aromatic heterocycles. The fraction of sp³-hybridized carbons (Fsp3) is 0.278. The zero-order valence-corrected chi connectivity index (χ0v) is 12.9. The lowest BCUT2D eigenvalue weighted by molar-refractivity contribution is -0.140. The number of ether oxygens (including phenoxy) is 1. The number of pyridine rings is 1. The molecule has 1 aliphatic heterocycles. The number of carbonyl (C=O) groups excluding carboxylic acids is 2. The Bertz CT molecular complexity index is 715. The Morgan fingerprint density at radius 3 is 2.78 bits per heavy atom. The van der Waals surface area contributed by atoms with Crippen LogP contribution in [0.15, 0.2) is 48.8 Å². The lowest BCUT2D eigenvalue weighted by Gasteiger charge is -2.15. The van der Waals surface area contributed by atoms with E-state index in [1.54, 1.807) is 25.6 Å². The third-order valence-corrected chi connectivity index (χ3v) is 4.06. The summed E-state index contributed by atoms with van der Waals surface area (Å²) in [6, 6.07) is 11.3. The van der Waals surface area contributed by atoms with Gasteiger partial charge in [0.1, 0.15) is 5.75 Å². The lowest BCUT2D eigenvalue weighted by Crippen LogP contribution is -2.30. The van der Waals surface area contributed by atoms with E-state index in [2.05, 4.69) is 4.98 Å². The summed E-state index contributed by atoms with van der Waals surface area (Å²) in [5, 5.41) is 0. The summed E-state index contributed by atoms with van der Waals surface area (Å²) in [6.07, 6.45) is 4.10. The fourth-order valence-corrected chi connectivity index (χ4v) is 2.89. The molecule has 23 heavy (non-hydrogen) atoms. The average Bonchev–Trinajstić information content (AvgIpc) is 2.84. The summed E-state index contributed by atoms with van der Waals surface area (Å²) in [4.78, 5) is 30.1. The molecule has 0 radical (unpaired) electrons. The van der Waals surface area contributed by atoms with E-state index in [0.29, 0.717) is 6.42 Å². The Labute approximate surface area is 134 Å². The first-order valence-corrected chi connectivity index (χ1v) is 7.54. The van der Waals surface area contributed by atoms with Gasteiger partial charge in [0.2, 0.25) is 11.8 Å². The number of para-hydroxylation sites is 1. The molecule has 2 amide bonds. The van der Waals surface area contributed by atoms with Crippen LogP contribution in [-0.2, 0) is 22.6 Å². The van der Waals surface area contributed by atoms with Gasteiger partial charge in [0.25, 0.3) is 0 Å². The van der Waals surface area contributed by atoms with Crippen molar-refractivity contribution in [1.29, 1.82) is 0 Å². The number of amides is 2. The van der Waals surface area contributed by atoms with Gasteiger partial charge in [-0.25, -0.2) is 0 Å². The highest BCUT2D eigenvalue weighted by Crippen LogP contribution is 2.28. The van der Waals surface area contributed by atoms with Crippen LogP contribution < -0.4 is 4.74 Å². The van der Waals surface area contributed by atoms with Crippen LogP contribution in [0.2, 0.25) is 0 Å². The quantitative estimate of drug-likeness (QED) is 0.795. The summed E-state index contributed by atoms with van der Waals surface area (Å²) in [7, 11) is 1.61. The summed E-state index contributed by atoms with van der Waals surface area (Å²) >= 11 is 0. The zero-order chi connectivity index (χ0) is 16.2. The van der Waals surface area contributed by atoms with Gasteiger partial charge < -0.3 is 4.74 Å². The Kier molecular flexibility index (Phi) is 4.37. The molecule has 0 bridgehead atoms. The van der Waals surface area contributed by atoms with E-state index in [1.165, 1.54) is 4.90 Å². The van der Waals surface area contributed by atoms with E-state index in [4.69, 9.17) is 4.74 Å². The molecule has 1 aliphatic rings. The van der Waals surface area contributed by atoms with Crippen LogP contribution in [0, 0.1) is 5.92 Å². The molecule has 0 N–H and O–H groups in total. The largest absolute Gasteiger partial charge is 0.496 e. The molecule has 3 rings (SSSR count). The maximum Gasteiger partial charge on any atom is 0.233 e. The first kappa shape index (κ1) is 15.2. The second-order valence-corrected chi connectivity index (χ2v) is 5.60. The minimum atomic E-state index is -0.324. The number of nitrogens with zero attached hydrogens (tertiary/aromatic N) is 2. The van der Waals surface area contributed by atoms with Crippen LogP contribution in [0.5, 0.6) is 5.75 Å². The molecule has 5 heteroatoms. The zero-order valence-electron chi connectivity index (χ0n) is 12.9. The van der Waals surface area contributed by atoms with Crippen molar-refractivity contribution in [3.05, 3.63) is 59.9 Å². The molecule has 2 aromatic rings. The Hall–Kier alpha value is -2.69. The van der Waals surface area contributed by atoms with Crippen molar-refractivity contribution in [3.8, 4) is 5.75 Å². The van der Waals surface area contributed by atoms with Gasteiger partial charge in [-0.3, -0.25) is 19.5 Å². The summed E-state index contributed by atoms with van der Waals surface area (Å²) in [5.74, 6) is 0.178. The number of benzene rings is 1. The molecular formula is C18H18N2O3. The summed E-state index contributed by atoms with van der Waals surface area (Å²) < 4.78 is 5.32. The van der Waals surface area contributed by atoms with Crippen molar-refractivity contribution in [2.45, 2.75) is 19.4 Å². The fourth-order valence-electron chi connectivity index (χ4n) is 2.89. The van der Waals surface area contributed by atoms with E-state index in [-0.39, 0.29) is 30.7 Å². The van der Waals surface area contributed by atoms with Gasteiger partial charge in [-0.2, -0.15) is 0 Å². The molecule has 1 aromatic carbocycles. The highest BCUT2D eigenvalue weighted by Gasteiger charge is 2.38. The average molecular weight is 310 g/mol. The molecule has 0 spiro atoms. The predicted octanol–water partition coefficient (Wildman–Crippen LogP) is 2.21. The standard InChI is InChI=1S/C18H18N2O3/c1-23-16-7-3-2-6-14(16)9-15-10-17(21)20(18(15)22)12-13-5-4-8-19-11-13/h2-8,11,15H,9-10,12H2,1H3. The van der Waals surface area contributed by atoms with Gasteiger partial charge in [0, 0.05) is 18.8 Å². The smallest absolute Gasteiger partial charge is 0.233 e. The van der Waals surface area contributed by atoms with Crippen LogP contribution in [0.3, 0.4) is 0 Å². The van der Waals surface area contributed by atoms with E-state index in [0.717, 1.165) is 16.9 Å². The second kappa shape index (κ2) is 6.60. The maximum absolute atomic E-state index is 12.6. The van der Waals surface area contributed by atoms with Crippen molar-refractivity contribution >= 4 is 11.8 Å². The van der Waals surface area contributed by atoms with E-state index in [9.17, 15) is 9.59 Å². The minimum Gasteiger partial charge on any atom is -0.496 e. The Morgan fingerprint density at radius 1 is 1.22 bits per heavy atom. The molecular weight excluding hydrogens is 292 g/mol. The molecule has 0 aliphatic carbocycles. The van der Waals surface area contributed by atoms with E-state index >= 15 is 0 Å². The van der Waals surface area contributed by atoms with Gasteiger partial charge >= 0.3 is 0 Å².